The Morgan fingerprint density at radius 1 is 1.33 bits per heavy atom. The fourth-order valence-corrected chi connectivity index (χ4v) is 2.34. The molecule has 0 aromatic rings. The van der Waals surface area contributed by atoms with Crippen LogP contribution in [0.25, 0.3) is 0 Å². The smallest absolute Gasteiger partial charge is 0.305 e. The van der Waals surface area contributed by atoms with E-state index in [0.717, 1.165) is 0 Å². The molecule has 0 saturated carbocycles. The number of hydrogen-bond acceptors (Lipinski definition) is 6. The molecule has 0 bridgehead atoms. The molecule has 1 heterocycles. The molecule has 0 spiro atoms. The monoisotopic (exact) mass is 342 g/mol. The standard InChI is InChI=1S/C16H26N2O6/c1-11-9-14(20)18(16(11)22)6-8-23-7-4-5-15(21)24-10-12(2)17-13(3)19/h11-12H,4-10H2,1-3H3,(H,17,19)/t11?,12-/m0/s1. The molecule has 8 heteroatoms. The SMILES string of the molecule is CC(=O)N[C@@H](C)COC(=O)CCCOCCN1C(=O)CC(C)C1=O. The van der Waals surface area contributed by atoms with E-state index >= 15 is 0 Å². The number of amides is 3. The zero-order valence-electron chi connectivity index (χ0n) is 14.5. The number of hydrogen-bond donors (Lipinski definition) is 1. The van der Waals surface area contributed by atoms with Crippen LogP contribution in [0, 0.1) is 5.92 Å². The predicted molar refractivity (Wildman–Crippen MR) is 84.8 cm³/mol. The number of esters is 1. The Labute approximate surface area is 141 Å². The van der Waals surface area contributed by atoms with Gasteiger partial charge in [-0.05, 0) is 13.3 Å². The first-order valence-electron chi connectivity index (χ1n) is 8.16. The molecule has 8 nitrogen and oxygen atoms in total. The lowest BCUT2D eigenvalue weighted by Gasteiger charge is -2.14. The van der Waals surface area contributed by atoms with Crippen LogP contribution in [0.5, 0.6) is 0 Å². The van der Waals surface area contributed by atoms with Crippen molar-refractivity contribution in [3.05, 3.63) is 0 Å². The maximum Gasteiger partial charge on any atom is 0.305 e. The molecule has 0 radical (unpaired) electrons. The molecular formula is C16H26N2O6. The summed E-state index contributed by atoms with van der Waals surface area (Å²) in [6.07, 6.45) is 0.971. The Bertz CT molecular complexity index is 479. The molecule has 0 aromatic heterocycles. The van der Waals surface area contributed by atoms with E-state index in [1.165, 1.54) is 11.8 Å². The Kier molecular flexibility index (Phi) is 8.39. The van der Waals surface area contributed by atoms with Gasteiger partial charge in [0.1, 0.15) is 6.61 Å². The molecule has 1 saturated heterocycles. The quantitative estimate of drug-likeness (QED) is 0.347. The highest BCUT2D eigenvalue weighted by molar-refractivity contribution is 6.03. The van der Waals surface area contributed by atoms with Gasteiger partial charge in [-0.3, -0.25) is 24.1 Å². The van der Waals surface area contributed by atoms with Crippen molar-refractivity contribution in [1.82, 2.24) is 10.2 Å². The summed E-state index contributed by atoms with van der Waals surface area (Å²) in [7, 11) is 0. The maximum atomic E-state index is 11.7. The number of ether oxygens (including phenoxy) is 2. The lowest BCUT2D eigenvalue weighted by Crippen LogP contribution is -2.34. The van der Waals surface area contributed by atoms with Crippen LogP contribution in [-0.4, -0.2) is 61.0 Å². The molecule has 136 valence electrons. The molecule has 1 fully saturated rings. The minimum atomic E-state index is -0.352. The highest BCUT2D eigenvalue weighted by atomic mass is 16.5. The van der Waals surface area contributed by atoms with E-state index in [0.29, 0.717) is 13.0 Å². The van der Waals surface area contributed by atoms with E-state index in [9.17, 15) is 19.2 Å². The van der Waals surface area contributed by atoms with Crippen LogP contribution in [0.15, 0.2) is 0 Å². The first-order chi connectivity index (χ1) is 11.3. The topological polar surface area (TPSA) is 102 Å². The molecule has 1 aliphatic rings. The van der Waals surface area contributed by atoms with Crippen molar-refractivity contribution in [2.24, 2.45) is 5.92 Å². The van der Waals surface area contributed by atoms with E-state index in [1.807, 2.05) is 0 Å². The summed E-state index contributed by atoms with van der Waals surface area (Å²) in [6.45, 7) is 5.89. The fraction of sp³-hybridized carbons (Fsp3) is 0.750. The molecule has 0 aliphatic carbocycles. The van der Waals surface area contributed by atoms with Crippen LogP contribution in [0.4, 0.5) is 0 Å². The average molecular weight is 342 g/mol. The van der Waals surface area contributed by atoms with Crippen LogP contribution in [0.2, 0.25) is 0 Å². The summed E-state index contributed by atoms with van der Waals surface area (Å²) in [6, 6.07) is -0.222. The van der Waals surface area contributed by atoms with E-state index in [2.05, 4.69) is 5.32 Å². The van der Waals surface area contributed by atoms with Crippen molar-refractivity contribution in [2.75, 3.05) is 26.4 Å². The van der Waals surface area contributed by atoms with Gasteiger partial charge in [0, 0.05) is 32.3 Å². The predicted octanol–water partition coefficient (Wildman–Crippen LogP) is 0.246. The minimum absolute atomic E-state index is 0.136. The van der Waals surface area contributed by atoms with E-state index in [-0.39, 0.29) is 68.3 Å². The summed E-state index contributed by atoms with van der Waals surface area (Å²) in [5.41, 5.74) is 0. The Morgan fingerprint density at radius 3 is 2.62 bits per heavy atom. The van der Waals surface area contributed by atoms with Crippen molar-refractivity contribution in [3.8, 4) is 0 Å². The average Bonchev–Trinajstić information content (AvgIpc) is 2.73. The molecule has 0 aromatic carbocycles. The summed E-state index contributed by atoms with van der Waals surface area (Å²) < 4.78 is 10.4. The van der Waals surface area contributed by atoms with E-state index < -0.39 is 0 Å². The molecule has 1 N–H and O–H groups in total. The van der Waals surface area contributed by atoms with Gasteiger partial charge in [0.2, 0.25) is 17.7 Å². The summed E-state index contributed by atoms with van der Waals surface area (Å²) in [5.74, 6) is -1.08. The van der Waals surface area contributed by atoms with E-state index in [1.54, 1.807) is 13.8 Å². The largest absolute Gasteiger partial charge is 0.463 e. The lowest BCUT2D eigenvalue weighted by molar-refractivity contribution is -0.145. The van der Waals surface area contributed by atoms with Crippen LogP contribution in [0.1, 0.15) is 40.0 Å². The molecule has 1 rings (SSSR count). The van der Waals surface area contributed by atoms with Crippen molar-refractivity contribution in [2.45, 2.75) is 46.1 Å². The Balaban J connectivity index is 2.04. The fourth-order valence-electron chi connectivity index (χ4n) is 2.34. The van der Waals surface area contributed by atoms with Crippen molar-refractivity contribution >= 4 is 23.7 Å². The van der Waals surface area contributed by atoms with Gasteiger partial charge >= 0.3 is 5.97 Å². The first-order valence-corrected chi connectivity index (χ1v) is 8.16. The van der Waals surface area contributed by atoms with Crippen LogP contribution in [-0.2, 0) is 28.7 Å². The van der Waals surface area contributed by atoms with Gasteiger partial charge in [-0.2, -0.15) is 0 Å². The summed E-state index contributed by atoms with van der Waals surface area (Å²) in [4.78, 5) is 46.8. The van der Waals surface area contributed by atoms with Gasteiger partial charge in [0.05, 0.1) is 19.2 Å². The third-order valence-corrected chi connectivity index (χ3v) is 3.54. The molecule has 1 unspecified atom stereocenters. The third kappa shape index (κ3) is 7.08. The van der Waals surface area contributed by atoms with Crippen LogP contribution >= 0.6 is 0 Å². The van der Waals surface area contributed by atoms with Gasteiger partial charge in [0.15, 0.2) is 0 Å². The second-order valence-corrected chi connectivity index (χ2v) is 5.99. The molecule has 3 amide bonds. The third-order valence-electron chi connectivity index (χ3n) is 3.54. The molecule has 24 heavy (non-hydrogen) atoms. The van der Waals surface area contributed by atoms with Crippen LogP contribution < -0.4 is 5.32 Å². The maximum absolute atomic E-state index is 11.7. The minimum Gasteiger partial charge on any atom is -0.463 e. The zero-order chi connectivity index (χ0) is 18.1. The first kappa shape index (κ1) is 20.1. The number of carbonyl (C=O) groups excluding carboxylic acids is 4. The van der Waals surface area contributed by atoms with Crippen molar-refractivity contribution in [3.63, 3.8) is 0 Å². The number of carbonyl (C=O) groups is 4. The lowest BCUT2D eigenvalue weighted by atomic mass is 10.1. The second kappa shape index (κ2) is 10.0. The van der Waals surface area contributed by atoms with Gasteiger partial charge in [0.25, 0.3) is 0 Å². The molecule has 1 aliphatic heterocycles. The Hall–Kier alpha value is -1.96. The number of nitrogens with zero attached hydrogens (tertiary/aromatic N) is 1. The van der Waals surface area contributed by atoms with Gasteiger partial charge < -0.3 is 14.8 Å². The number of nitrogens with one attached hydrogen (secondary N) is 1. The highest BCUT2D eigenvalue weighted by Crippen LogP contribution is 2.17. The second-order valence-electron chi connectivity index (χ2n) is 5.99. The normalized spacial score (nSPS) is 18.6. The number of likely N-dealkylation sites (tertiary alicyclic amines) is 1. The van der Waals surface area contributed by atoms with Crippen molar-refractivity contribution in [1.29, 1.82) is 0 Å². The molecule has 2 atom stereocenters. The van der Waals surface area contributed by atoms with Gasteiger partial charge in [-0.15, -0.1) is 0 Å². The van der Waals surface area contributed by atoms with Gasteiger partial charge in [-0.1, -0.05) is 6.92 Å². The number of rotatable bonds is 10. The number of imide groups is 1. The van der Waals surface area contributed by atoms with Crippen molar-refractivity contribution < 1.29 is 28.7 Å². The highest BCUT2D eigenvalue weighted by Gasteiger charge is 2.34. The summed E-state index contributed by atoms with van der Waals surface area (Å²) in [5, 5.41) is 2.62. The molecular weight excluding hydrogens is 316 g/mol. The zero-order valence-corrected chi connectivity index (χ0v) is 14.5. The summed E-state index contributed by atoms with van der Waals surface area (Å²) >= 11 is 0. The Morgan fingerprint density at radius 2 is 2.04 bits per heavy atom. The van der Waals surface area contributed by atoms with E-state index in [4.69, 9.17) is 9.47 Å². The van der Waals surface area contributed by atoms with Gasteiger partial charge in [-0.25, -0.2) is 0 Å². The van der Waals surface area contributed by atoms with Crippen LogP contribution in [0.3, 0.4) is 0 Å².